The molecule has 27 heavy (non-hydrogen) atoms. The number of carbonyl (C=O) groups excluding carboxylic acids is 1. The third-order valence-corrected chi connectivity index (χ3v) is 4.24. The first-order valence-electron chi connectivity index (χ1n) is 8.69. The summed E-state index contributed by atoms with van der Waals surface area (Å²) in [5.74, 6) is 1.01. The summed E-state index contributed by atoms with van der Waals surface area (Å²) < 4.78 is 15.9. The van der Waals surface area contributed by atoms with Gasteiger partial charge in [-0.05, 0) is 31.0 Å². The maximum absolute atomic E-state index is 12.0. The van der Waals surface area contributed by atoms with E-state index in [4.69, 9.17) is 13.7 Å². The number of fused-ring (bicyclic) bond motifs is 1. The number of urea groups is 1. The Morgan fingerprint density at radius 1 is 1.30 bits per heavy atom. The van der Waals surface area contributed by atoms with Crippen molar-refractivity contribution in [2.24, 2.45) is 0 Å². The molecule has 0 aliphatic carbocycles. The second-order valence-corrected chi connectivity index (χ2v) is 6.18. The third kappa shape index (κ3) is 3.98. The minimum Gasteiger partial charge on any atom is -0.464 e. The Labute approximate surface area is 153 Å². The number of anilines is 1. The summed E-state index contributed by atoms with van der Waals surface area (Å²) in [4.78, 5) is 28.2. The standard InChI is InChI=1S/C18H18N4O5/c23-13-6-9-26-14-4-3-11(10-12(13)14)20-18(24)19-7-5-16-21-17(27-22-16)15-2-1-8-25-15/h3-4,6,9-10,15H,1-2,5,7-8H2,(H2,19,20,24)/t15-/m1/s1. The van der Waals surface area contributed by atoms with E-state index in [9.17, 15) is 9.59 Å². The average Bonchev–Trinajstić information content (AvgIpc) is 3.34. The molecule has 3 heterocycles. The largest absolute Gasteiger partial charge is 0.464 e. The summed E-state index contributed by atoms with van der Waals surface area (Å²) in [6.45, 7) is 1.05. The third-order valence-electron chi connectivity index (χ3n) is 4.24. The van der Waals surface area contributed by atoms with E-state index in [0.29, 0.717) is 47.9 Å². The lowest BCUT2D eigenvalue weighted by molar-refractivity contribution is 0.0835. The number of nitrogens with zero attached hydrogens (tertiary/aromatic N) is 2. The molecule has 0 saturated carbocycles. The highest BCUT2D eigenvalue weighted by molar-refractivity contribution is 5.92. The number of aromatic nitrogens is 2. The lowest BCUT2D eigenvalue weighted by Crippen LogP contribution is -2.30. The Morgan fingerprint density at radius 3 is 3.07 bits per heavy atom. The van der Waals surface area contributed by atoms with Crippen molar-refractivity contribution in [2.75, 3.05) is 18.5 Å². The first-order chi connectivity index (χ1) is 13.2. The second-order valence-electron chi connectivity index (χ2n) is 6.18. The molecule has 0 spiro atoms. The SMILES string of the molecule is O=C(NCCc1noc([C@H]2CCCO2)n1)Nc1ccc2occc(=O)c2c1. The van der Waals surface area contributed by atoms with Crippen molar-refractivity contribution in [3.8, 4) is 0 Å². The van der Waals surface area contributed by atoms with Crippen LogP contribution in [0.25, 0.3) is 11.0 Å². The Balaban J connectivity index is 1.30. The van der Waals surface area contributed by atoms with Crippen molar-refractivity contribution in [3.05, 3.63) is 52.5 Å². The first kappa shape index (κ1) is 17.2. The van der Waals surface area contributed by atoms with Gasteiger partial charge in [0.15, 0.2) is 11.3 Å². The van der Waals surface area contributed by atoms with Gasteiger partial charge < -0.3 is 24.3 Å². The summed E-state index contributed by atoms with van der Waals surface area (Å²) in [5.41, 5.74) is 0.797. The van der Waals surface area contributed by atoms with Crippen LogP contribution in [0.3, 0.4) is 0 Å². The molecule has 0 unspecified atom stereocenters. The quantitative estimate of drug-likeness (QED) is 0.707. The molecule has 1 atom stereocenters. The van der Waals surface area contributed by atoms with Gasteiger partial charge >= 0.3 is 6.03 Å². The smallest absolute Gasteiger partial charge is 0.319 e. The zero-order valence-corrected chi connectivity index (χ0v) is 14.4. The van der Waals surface area contributed by atoms with Crippen molar-refractivity contribution < 1.29 is 18.5 Å². The molecular weight excluding hydrogens is 352 g/mol. The predicted molar refractivity (Wildman–Crippen MR) is 95.4 cm³/mol. The summed E-state index contributed by atoms with van der Waals surface area (Å²) >= 11 is 0. The van der Waals surface area contributed by atoms with E-state index in [-0.39, 0.29) is 11.5 Å². The van der Waals surface area contributed by atoms with Crippen LogP contribution < -0.4 is 16.1 Å². The van der Waals surface area contributed by atoms with E-state index in [1.165, 1.54) is 12.3 Å². The lowest BCUT2D eigenvalue weighted by atomic mass is 10.2. The van der Waals surface area contributed by atoms with E-state index in [0.717, 1.165) is 12.8 Å². The average molecular weight is 370 g/mol. The first-order valence-corrected chi connectivity index (χ1v) is 8.69. The normalized spacial score (nSPS) is 16.5. The van der Waals surface area contributed by atoms with Gasteiger partial charge in [0.25, 0.3) is 5.89 Å². The zero-order chi connectivity index (χ0) is 18.6. The van der Waals surface area contributed by atoms with Gasteiger partial charge in [-0.1, -0.05) is 5.16 Å². The number of ether oxygens (including phenoxy) is 1. The predicted octanol–water partition coefficient (Wildman–Crippen LogP) is 2.39. The molecule has 1 saturated heterocycles. The van der Waals surface area contributed by atoms with Gasteiger partial charge in [0.1, 0.15) is 11.7 Å². The van der Waals surface area contributed by atoms with Crippen molar-refractivity contribution in [2.45, 2.75) is 25.4 Å². The van der Waals surface area contributed by atoms with Crippen LogP contribution in [0.15, 0.2) is 44.3 Å². The van der Waals surface area contributed by atoms with Crippen molar-refractivity contribution >= 4 is 22.7 Å². The number of carbonyl (C=O) groups is 1. The molecule has 2 N–H and O–H groups in total. The monoisotopic (exact) mass is 370 g/mol. The fourth-order valence-corrected chi connectivity index (χ4v) is 2.90. The van der Waals surface area contributed by atoms with Gasteiger partial charge in [-0.2, -0.15) is 4.98 Å². The number of hydrogen-bond donors (Lipinski definition) is 2. The summed E-state index contributed by atoms with van der Waals surface area (Å²) in [7, 11) is 0. The molecule has 9 nitrogen and oxygen atoms in total. The molecule has 1 aliphatic heterocycles. The molecule has 9 heteroatoms. The number of benzene rings is 1. The second kappa shape index (κ2) is 7.58. The maximum Gasteiger partial charge on any atom is 0.319 e. The molecule has 1 aromatic carbocycles. The van der Waals surface area contributed by atoms with Gasteiger partial charge in [0.2, 0.25) is 0 Å². The fourth-order valence-electron chi connectivity index (χ4n) is 2.90. The Hall–Kier alpha value is -3.20. The van der Waals surface area contributed by atoms with E-state index in [1.54, 1.807) is 18.2 Å². The molecular formula is C18H18N4O5. The zero-order valence-electron chi connectivity index (χ0n) is 14.4. The number of hydrogen-bond acceptors (Lipinski definition) is 7. The lowest BCUT2D eigenvalue weighted by Gasteiger charge is -2.07. The van der Waals surface area contributed by atoms with E-state index in [2.05, 4.69) is 20.8 Å². The molecule has 2 amide bonds. The van der Waals surface area contributed by atoms with E-state index >= 15 is 0 Å². The summed E-state index contributed by atoms with van der Waals surface area (Å²) in [6, 6.07) is 5.82. The van der Waals surface area contributed by atoms with Gasteiger partial charge in [-0.15, -0.1) is 0 Å². The molecule has 3 aromatic rings. The van der Waals surface area contributed by atoms with Crippen molar-refractivity contribution in [1.29, 1.82) is 0 Å². The molecule has 0 radical (unpaired) electrons. The van der Waals surface area contributed by atoms with Crippen LogP contribution in [0.2, 0.25) is 0 Å². The number of nitrogens with one attached hydrogen (secondary N) is 2. The molecule has 4 rings (SSSR count). The minimum atomic E-state index is -0.391. The molecule has 0 bridgehead atoms. The Bertz CT molecular complexity index is 1010. The van der Waals surface area contributed by atoms with Gasteiger partial charge in [-0.3, -0.25) is 4.79 Å². The van der Waals surface area contributed by atoms with Crippen LogP contribution in [0.4, 0.5) is 10.5 Å². The van der Waals surface area contributed by atoms with Crippen LogP contribution in [0, 0.1) is 0 Å². The highest BCUT2D eigenvalue weighted by Gasteiger charge is 2.23. The summed E-state index contributed by atoms with van der Waals surface area (Å²) in [5, 5.41) is 9.71. The van der Waals surface area contributed by atoms with Gasteiger partial charge in [0, 0.05) is 31.3 Å². The molecule has 1 fully saturated rings. The maximum atomic E-state index is 12.0. The van der Waals surface area contributed by atoms with Crippen LogP contribution >= 0.6 is 0 Å². The summed E-state index contributed by atoms with van der Waals surface area (Å²) in [6.07, 6.45) is 3.53. The van der Waals surface area contributed by atoms with Gasteiger partial charge in [0.05, 0.1) is 11.6 Å². The Morgan fingerprint density at radius 2 is 2.22 bits per heavy atom. The highest BCUT2D eigenvalue weighted by Crippen LogP contribution is 2.26. The highest BCUT2D eigenvalue weighted by atomic mass is 16.5. The van der Waals surface area contributed by atoms with Gasteiger partial charge in [-0.25, -0.2) is 4.79 Å². The van der Waals surface area contributed by atoms with Crippen LogP contribution in [-0.4, -0.2) is 29.3 Å². The molecule has 140 valence electrons. The number of rotatable bonds is 5. The van der Waals surface area contributed by atoms with Crippen LogP contribution in [-0.2, 0) is 11.2 Å². The minimum absolute atomic E-state index is 0.118. The van der Waals surface area contributed by atoms with E-state index < -0.39 is 6.03 Å². The molecule has 1 aliphatic rings. The van der Waals surface area contributed by atoms with E-state index in [1.807, 2.05) is 0 Å². The fraction of sp³-hybridized carbons (Fsp3) is 0.333. The molecule has 2 aromatic heterocycles. The Kier molecular flexibility index (Phi) is 4.84. The van der Waals surface area contributed by atoms with Crippen LogP contribution in [0.1, 0.15) is 30.7 Å². The number of amides is 2. The topological polar surface area (TPSA) is 119 Å². The van der Waals surface area contributed by atoms with Crippen molar-refractivity contribution in [3.63, 3.8) is 0 Å². The van der Waals surface area contributed by atoms with Crippen LogP contribution in [0.5, 0.6) is 0 Å². The van der Waals surface area contributed by atoms with Crippen molar-refractivity contribution in [1.82, 2.24) is 15.5 Å².